The first-order valence-corrected chi connectivity index (χ1v) is 10.8. The molecule has 10 nitrogen and oxygen atoms in total. The van der Waals surface area contributed by atoms with Gasteiger partial charge in [0.1, 0.15) is 23.5 Å². The van der Waals surface area contributed by atoms with Crippen molar-refractivity contribution in [2.75, 3.05) is 26.5 Å². The summed E-state index contributed by atoms with van der Waals surface area (Å²) in [6.07, 6.45) is 0.958. The Hall–Kier alpha value is -2.40. The van der Waals surface area contributed by atoms with Crippen LogP contribution in [-0.2, 0) is 23.9 Å². The lowest BCUT2D eigenvalue weighted by Gasteiger charge is -2.26. The Balaban J connectivity index is 1.65. The van der Waals surface area contributed by atoms with E-state index in [0.29, 0.717) is 30.9 Å². The maximum absolute atomic E-state index is 13.2. The second kappa shape index (κ2) is 11.0. The van der Waals surface area contributed by atoms with E-state index in [1.165, 1.54) is 0 Å². The molecule has 32 heavy (non-hydrogen) atoms. The van der Waals surface area contributed by atoms with Crippen molar-refractivity contribution in [1.82, 2.24) is 10.2 Å². The molecule has 3 rings (SSSR count). The van der Waals surface area contributed by atoms with Gasteiger partial charge in [-0.1, -0.05) is 12.1 Å². The van der Waals surface area contributed by atoms with Crippen LogP contribution in [0, 0.1) is 0 Å². The van der Waals surface area contributed by atoms with Gasteiger partial charge < -0.3 is 29.2 Å². The second-order valence-electron chi connectivity index (χ2n) is 8.82. The minimum atomic E-state index is -0.959. The van der Waals surface area contributed by atoms with Gasteiger partial charge in [-0.25, -0.2) is 9.68 Å². The monoisotopic (exact) mass is 452 g/mol. The number of carbonyl (C=O) groups excluding carboxylic acids is 2. The summed E-state index contributed by atoms with van der Waals surface area (Å²) in [5.41, 5.74) is -0.136. The molecule has 0 saturated carbocycles. The molecular formula is C22H32N2O8. The van der Waals surface area contributed by atoms with Crippen molar-refractivity contribution in [3.05, 3.63) is 29.8 Å². The summed E-state index contributed by atoms with van der Waals surface area (Å²) < 4.78 is 21.8. The summed E-state index contributed by atoms with van der Waals surface area (Å²) in [5.74, 6) is 0.246. The van der Waals surface area contributed by atoms with Crippen LogP contribution in [0.4, 0.5) is 4.79 Å². The predicted octanol–water partition coefficient (Wildman–Crippen LogP) is 2.83. The average molecular weight is 453 g/mol. The van der Waals surface area contributed by atoms with E-state index in [-0.39, 0.29) is 25.5 Å². The summed E-state index contributed by atoms with van der Waals surface area (Å²) in [6.45, 7) is 6.65. The number of alkyl carbamates (subject to hydrolysis) is 1. The third-order valence-electron chi connectivity index (χ3n) is 5.09. The first kappa shape index (κ1) is 24.2. The number of nitrogens with one attached hydrogen (secondary N) is 1. The van der Waals surface area contributed by atoms with Gasteiger partial charge in [-0.05, 0) is 51.3 Å². The minimum absolute atomic E-state index is 0.0544. The number of hydrogen-bond donors (Lipinski definition) is 2. The number of likely N-dealkylation sites (tertiary alicyclic amines) is 1. The molecule has 2 saturated heterocycles. The van der Waals surface area contributed by atoms with Crippen molar-refractivity contribution >= 4 is 12.0 Å². The van der Waals surface area contributed by atoms with Crippen LogP contribution in [0.25, 0.3) is 0 Å². The fraction of sp³-hybridized carbons (Fsp3) is 0.636. The molecule has 2 N–H and O–H groups in total. The number of benzene rings is 1. The highest BCUT2D eigenvalue weighted by atomic mass is 17.1. The van der Waals surface area contributed by atoms with Gasteiger partial charge in [0.15, 0.2) is 13.1 Å². The van der Waals surface area contributed by atoms with Crippen LogP contribution in [0.3, 0.4) is 0 Å². The Morgan fingerprint density at radius 3 is 2.59 bits per heavy atom. The lowest BCUT2D eigenvalue weighted by Crippen LogP contribution is -2.44. The van der Waals surface area contributed by atoms with E-state index in [4.69, 9.17) is 24.2 Å². The molecule has 2 aliphatic heterocycles. The molecule has 1 aromatic carbocycles. The predicted molar refractivity (Wildman–Crippen MR) is 113 cm³/mol. The highest BCUT2D eigenvalue weighted by Gasteiger charge is 2.34. The van der Waals surface area contributed by atoms with Gasteiger partial charge in [-0.15, -0.1) is 0 Å². The highest BCUT2D eigenvalue weighted by Crippen LogP contribution is 2.24. The summed E-state index contributed by atoms with van der Waals surface area (Å²) in [6, 6.07) is 5.86. The molecule has 2 heterocycles. The topological polar surface area (TPSA) is 116 Å². The Bertz CT molecular complexity index is 758. The van der Waals surface area contributed by atoms with Gasteiger partial charge in [0.25, 0.3) is 0 Å². The van der Waals surface area contributed by atoms with Crippen molar-refractivity contribution in [3.63, 3.8) is 0 Å². The third-order valence-corrected chi connectivity index (χ3v) is 5.09. The molecule has 0 aromatic heterocycles. The first-order chi connectivity index (χ1) is 15.2. The minimum Gasteiger partial charge on any atom is -0.467 e. The van der Waals surface area contributed by atoms with Crippen molar-refractivity contribution in [3.8, 4) is 5.75 Å². The fourth-order valence-electron chi connectivity index (χ4n) is 3.52. The van der Waals surface area contributed by atoms with Gasteiger partial charge in [-0.3, -0.25) is 10.1 Å². The summed E-state index contributed by atoms with van der Waals surface area (Å²) in [7, 11) is 0. The lowest BCUT2D eigenvalue weighted by molar-refractivity contribution is -0.274. The van der Waals surface area contributed by atoms with Gasteiger partial charge >= 0.3 is 6.09 Å². The van der Waals surface area contributed by atoms with Gasteiger partial charge in [0, 0.05) is 19.6 Å². The van der Waals surface area contributed by atoms with Crippen molar-refractivity contribution in [2.24, 2.45) is 0 Å². The van der Waals surface area contributed by atoms with Gasteiger partial charge in [0.05, 0.1) is 6.54 Å². The second-order valence-corrected chi connectivity index (χ2v) is 8.82. The third kappa shape index (κ3) is 7.06. The maximum atomic E-state index is 13.2. The quantitative estimate of drug-likeness (QED) is 0.351. The summed E-state index contributed by atoms with van der Waals surface area (Å²) in [5, 5.41) is 11.6. The zero-order valence-electron chi connectivity index (χ0n) is 18.7. The molecule has 0 spiro atoms. The van der Waals surface area contributed by atoms with Crippen LogP contribution in [0.15, 0.2) is 24.3 Å². The molecule has 1 aromatic rings. The lowest BCUT2D eigenvalue weighted by atomic mass is 10.1. The molecule has 0 bridgehead atoms. The summed E-state index contributed by atoms with van der Waals surface area (Å²) in [4.78, 5) is 31.5. The van der Waals surface area contributed by atoms with E-state index in [2.05, 4.69) is 10.2 Å². The zero-order valence-corrected chi connectivity index (χ0v) is 18.7. The van der Waals surface area contributed by atoms with Crippen molar-refractivity contribution in [1.29, 1.82) is 0 Å². The van der Waals surface area contributed by atoms with Crippen LogP contribution < -0.4 is 10.1 Å². The Morgan fingerprint density at radius 1 is 1.25 bits per heavy atom. The Labute approximate surface area is 187 Å². The number of rotatable bonds is 8. The largest absolute Gasteiger partial charge is 0.467 e. The average Bonchev–Trinajstić information content (AvgIpc) is 3.43. The number of hydrogen-bond acceptors (Lipinski definition) is 8. The maximum Gasteiger partial charge on any atom is 0.408 e. The molecule has 0 radical (unpaired) electrons. The van der Waals surface area contributed by atoms with Crippen molar-refractivity contribution < 1.29 is 38.7 Å². The normalized spacial score (nSPS) is 21.9. The SMILES string of the molecule is CC(C)(C)OC(=O)N[C@H](C(=O)N1CC[C@H](OO)C1)c1ccc(OCOC2CCCO2)cc1. The molecule has 2 amide bonds. The fourth-order valence-corrected chi connectivity index (χ4v) is 3.52. The van der Waals surface area contributed by atoms with Crippen LogP contribution >= 0.6 is 0 Å². The van der Waals surface area contributed by atoms with E-state index in [1.54, 1.807) is 49.9 Å². The van der Waals surface area contributed by atoms with Crippen LogP contribution in [-0.4, -0.2) is 66.6 Å². The van der Waals surface area contributed by atoms with Gasteiger partial charge in [-0.2, -0.15) is 0 Å². The van der Waals surface area contributed by atoms with Crippen molar-refractivity contribution in [2.45, 2.75) is 64.1 Å². The molecule has 0 aliphatic carbocycles. The summed E-state index contributed by atoms with van der Waals surface area (Å²) >= 11 is 0. The molecule has 10 heteroatoms. The number of ether oxygens (including phenoxy) is 4. The molecule has 2 aliphatic rings. The molecule has 3 atom stereocenters. The number of amides is 2. The van der Waals surface area contributed by atoms with E-state index in [0.717, 1.165) is 12.8 Å². The van der Waals surface area contributed by atoms with E-state index in [1.807, 2.05) is 0 Å². The highest BCUT2D eigenvalue weighted by molar-refractivity contribution is 5.87. The smallest absolute Gasteiger partial charge is 0.408 e. The zero-order chi connectivity index (χ0) is 23.1. The standard InChI is InChI=1S/C22H32N2O8/c1-22(2,3)31-21(26)23-19(20(25)24-11-10-17(13-24)32-27)15-6-8-16(9-7-15)29-14-30-18-5-4-12-28-18/h6-9,17-19,27H,4-5,10-14H2,1-3H3,(H,23,26)/t17-,18?,19-/m0/s1. The number of carbonyl (C=O) groups is 2. The first-order valence-electron chi connectivity index (χ1n) is 10.8. The molecule has 2 fully saturated rings. The van der Waals surface area contributed by atoms with E-state index in [9.17, 15) is 9.59 Å². The number of nitrogens with zero attached hydrogens (tertiary/aromatic N) is 1. The van der Waals surface area contributed by atoms with Crippen LogP contribution in [0.2, 0.25) is 0 Å². The molecular weight excluding hydrogens is 420 g/mol. The van der Waals surface area contributed by atoms with E-state index >= 15 is 0 Å². The van der Waals surface area contributed by atoms with E-state index < -0.39 is 23.8 Å². The molecule has 178 valence electrons. The Kier molecular flexibility index (Phi) is 8.30. The molecule has 1 unspecified atom stereocenters. The van der Waals surface area contributed by atoms with Crippen LogP contribution in [0.5, 0.6) is 5.75 Å². The Morgan fingerprint density at radius 2 is 2.00 bits per heavy atom. The van der Waals surface area contributed by atoms with Crippen LogP contribution in [0.1, 0.15) is 51.6 Å². The van der Waals surface area contributed by atoms with Gasteiger partial charge in [0.2, 0.25) is 5.91 Å².